The number of methoxy groups -OCH3 is 1. The van der Waals surface area contributed by atoms with Gasteiger partial charge in [-0.25, -0.2) is 0 Å². The number of nitrogens with one attached hydrogen (secondary N) is 1. The molecule has 2 atom stereocenters. The molecule has 1 aliphatic carbocycles. The number of carbonyl (C=O) groups is 1. The zero-order valence-corrected chi connectivity index (χ0v) is 15.4. The van der Waals surface area contributed by atoms with E-state index in [0.29, 0.717) is 18.9 Å². The van der Waals surface area contributed by atoms with Crippen LogP contribution in [0.1, 0.15) is 44.6 Å². The van der Waals surface area contributed by atoms with E-state index in [1.807, 2.05) is 18.2 Å². The normalized spacial score (nSPS) is 19.5. The molecule has 0 radical (unpaired) electrons. The summed E-state index contributed by atoms with van der Waals surface area (Å²) in [5.74, 6) is 1.61. The zero-order valence-electron chi connectivity index (χ0n) is 14.5. The molecule has 5 nitrogen and oxygen atoms in total. The third kappa shape index (κ3) is 5.87. The molecule has 1 aromatic rings. The minimum Gasteiger partial charge on any atom is -0.493 e. The third-order valence-corrected chi connectivity index (χ3v) is 4.29. The average molecular weight is 357 g/mol. The number of carbonyl (C=O) groups excluding carboxylic acids is 1. The van der Waals surface area contributed by atoms with E-state index >= 15 is 0 Å². The Hall–Kier alpha value is -1.46. The number of benzene rings is 1. The summed E-state index contributed by atoms with van der Waals surface area (Å²) >= 11 is 0. The molecule has 1 aromatic carbocycles. The lowest BCUT2D eigenvalue weighted by atomic mass is 10.1. The third-order valence-electron chi connectivity index (χ3n) is 4.29. The van der Waals surface area contributed by atoms with Crippen LogP contribution in [0, 0.1) is 5.92 Å². The highest BCUT2D eigenvalue weighted by atomic mass is 35.5. The highest BCUT2D eigenvalue weighted by molar-refractivity contribution is 5.85. The van der Waals surface area contributed by atoms with Crippen LogP contribution in [0.4, 0.5) is 0 Å². The molecule has 24 heavy (non-hydrogen) atoms. The Balaban J connectivity index is 0.00000288. The monoisotopic (exact) mass is 356 g/mol. The van der Waals surface area contributed by atoms with Crippen molar-refractivity contribution in [1.29, 1.82) is 0 Å². The first-order valence-corrected chi connectivity index (χ1v) is 8.47. The summed E-state index contributed by atoms with van der Waals surface area (Å²) in [7, 11) is 1.63. The molecule has 0 aliphatic heterocycles. The van der Waals surface area contributed by atoms with Gasteiger partial charge in [0, 0.05) is 18.5 Å². The predicted molar refractivity (Wildman–Crippen MR) is 97.8 cm³/mol. The summed E-state index contributed by atoms with van der Waals surface area (Å²) < 4.78 is 11.1. The molecule has 2 unspecified atom stereocenters. The molecule has 1 saturated carbocycles. The van der Waals surface area contributed by atoms with Gasteiger partial charge < -0.3 is 20.5 Å². The molecule has 0 heterocycles. The van der Waals surface area contributed by atoms with Crippen LogP contribution in [0.25, 0.3) is 0 Å². The standard InChI is InChI=1S/C18H28N2O3.ClH/c1-3-4-9-23-16-8-5-13(10-17(16)22-2)12-20-18(21)14-6-7-15(19)11-14;/h5,8,10,14-15H,3-4,6-7,9,11-12,19H2,1-2H3,(H,20,21);1H. The van der Waals surface area contributed by atoms with Crippen LogP contribution >= 0.6 is 12.4 Å². The van der Waals surface area contributed by atoms with Crippen molar-refractivity contribution >= 4 is 18.3 Å². The van der Waals surface area contributed by atoms with E-state index in [9.17, 15) is 4.79 Å². The van der Waals surface area contributed by atoms with E-state index < -0.39 is 0 Å². The van der Waals surface area contributed by atoms with E-state index in [1.54, 1.807) is 7.11 Å². The lowest BCUT2D eigenvalue weighted by molar-refractivity contribution is -0.125. The van der Waals surface area contributed by atoms with Crippen molar-refractivity contribution in [2.24, 2.45) is 11.7 Å². The summed E-state index contributed by atoms with van der Waals surface area (Å²) in [5.41, 5.74) is 6.86. The van der Waals surface area contributed by atoms with E-state index in [0.717, 1.165) is 43.4 Å². The molecule has 0 bridgehead atoms. The number of unbranched alkanes of at least 4 members (excludes halogenated alkanes) is 1. The van der Waals surface area contributed by atoms with Crippen molar-refractivity contribution in [3.63, 3.8) is 0 Å². The van der Waals surface area contributed by atoms with Crippen molar-refractivity contribution in [2.45, 2.75) is 51.6 Å². The largest absolute Gasteiger partial charge is 0.493 e. The number of hydrogen-bond acceptors (Lipinski definition) is 4. The van der Waals surface area contributed by atoms with Gasteiger partial charge in [-0.2, -0.15) is 0 Å². The molecule has 136 valence electrons. The number of rotatable bonds is 8. The first-order valence-electron chi connectivity index (χ1n) is 8.47. The van der Waals surface area contributed by atoms with Gasteiger partial charge in [-0.1, -0.05) is 19.4 Å². The molecular formula is C18H29ClN2O3. The average Bonchev–Trinajstić information content (AvgIpc) is 3.00. The maximum atomic E-state index is 12.1. The van der Waals surface area contributed by atoms with Crippen LogP contribution < -0.4 is 20.5 Å². The van der Waals surface area contributed by atoms with Gasteiger partial charge in [0.25, 0.3) is 0 Å². The van der Waals surface area contributed by atoms with Gasteiger partial charge in [0.05, 0.1) is 13.7 Å². The van der Waals surface area contributed by atoms with Gasteiger partial charge in [-0.3, -0.25) is 4.79 Å². The SMILES string of the molecule is CCCCOc1ccc(CNC(=O)C2CCC(N)C2)cc1OC.Cl. The van der Waals surface area contributed by atoms with Crippen LogP contribution in [0.2, 0.25) is 0 Å². The Bertz CT molecular complexity index is 525. The Morgan fingerprint density at radius 3 is 2.75 bits per heavy atom. The van der Waals surface area contributed by atoms with Crippen LogP contribution in [-0.4, -0.2) is 25.7 Å². The summed E-state index contributed by atoms with van der Waals surface area (Å²) in [6, 6.07) is 5.96. The molecular weight excluding hydrogens is 328 g/mol. The van der Waals surface area contributed by atoms with Crippen LogP contribution in [-0.2, 0) is 11.3 Å². The quantitative estimate of drug-likeness (QED) is 0.702. The predicted octanol–water partition coefficient (Wildman–Crippen LogP) is 3.04. The minimum atomic E-state index is 0. The van der Waals surface area contributed by atoms with Gasteiger partial charge >= 0.3 is 0 Å². The summed E-state index contributed by atoms with van der Waals surface area (Å²) in [6.07, 6.45) is 4.73. The Labute approximate surface area is 150 Å². The molecule has 0 spiro atoms. The number of halogens is 1. The molecule has 1 aliphatic rings. The highest BCUT2D eigenvalue weighted by Gasteiger charge is 2.27. The second-order valence-electron chi connectivity index (χ2n) is 6.18. The zero-order chi connectivity index (χ0) is 16.7. The molecule has 1 fully saturated rings. The molecule has 1 amide bonds. The van der Waals surface area contributed by atoms with Gasteiger partial charge in [0.2, 0.25) is 5.91 Å². The minimum absolute atomic E-state index is 0. The van der Waals surface area contributed by atoms with Gasteiger partial charge in [-0.05, 0) is 43.4 Å². The first kappa shape index (κ1) is 20.6. The Morgan fingerprint density at radius 2 is 2.12 bits per heavy atom. The Kier molecular flexibility index (Phi) is 8.93. The van der Waals surface area contributed by atoms with E-state index in [-0.39, 0.29) is 30.3 Å². The Morgan fingerprint density at radius 1 is 1.33 bits per heavy atom. The molecule has 0 saturated heterocycles. The van der Waals surface area contributed by atoms with E-state index in [4.69, 9.17) is 15.2 Å². The van der Waals surface area contributed by atoms with E-state index in [1.165, 1.54) is 0 Å². The van der Waals surface area contributed by atoms with Crippen LogP contribution in [0.5, 0.6) is 11.5 Å². The lowest BCUT2D eigenvalue weighted by Crippen LogP contribution is -2.30. The van der Waals surface area contributed by atoms with Gasteiger partial charge in [0.15, 0.2) is 11.5 Å². The fraction of sp³-hybridized carbons (Fsp3) is 0.611. The van der Waals surface area contributed by atoms with Crippen molar-refractivity contribution in [1.82, 2.24) is 5.32 Å². The van der Waals surface area contributed by atoms with Crippen molar-refractivity contribution in [3.8, 4) is 11.5 Å². The fourth-order valence-electron chi connectivity index (χ4n) is 2.86. The fourth-order valence-corrected chi connectivity index (χ4v) is 2.86. The van der Waals surface area contributed by atoms with Crippen molar-refractivity contribution in [2.75, 3.05) is 13.7 Å². The maximum Gasteiger partial charge on any atom is 0.223 e. The van der Waals surface area contributed by atoms with Crippen LogP contribution in [0.15, 0.2) is 18.2 Å². The smallest absolute Gasteiger partial charge is 0.223 e. The second kappa shape index (κ2) is 10.4. The van der Waals surface area contributed by atoms with E-state index in [2.05, 4.69) is 12.2 Å². The highest BCUT2D eigenvalue weighted by Crippen LogP contribution is 2.28. The summed E-state index contributed by atoms with van der Waals surface area (Å²) in [4.78, 5) is 12.1. The summed E-state index contributed by atoms with van der Waals surface area (Å²) in [6.45, 7) is 3.31. The number of nitrogens with two attached hydrogens (primary N) is 1. The van der Waals surface area contributed by atoms with Crippen molar-refractivity contribution < 1.29 is 14.3 Å². The van der Waals surface area contributed by atoms with Gasteiger partial charge in [-0.15, -0.1) is 12.4 Å². The maximum absolute atomic E-state index is 12.1. The molecule has 3 N–H and O–H groups in total. The van der Waals surface area contributed by atoms with Gasteiger partial charge in [0.1, 0.15) is 0 Å². The number of amides is 1. The number of hydrogen-bond donors (Lipinski definition) is 2. The summed E-state index contributed by atoms with van der Waals surface area (Å²) in [5, 5.41) is 2.99. The number of ether oxygens (including phenoxy) is 2. The van der Waals surface area contributed by atoms with Crippen LogP contribution in [0.3, 0.4) is 0 Å². The molecule has 0 aromatic heterocycles. The van der Waals surface area contributed by atoms with Crippen molar-refractivity contribution in [3.05, 3.63) is 23.8 Å². The second-order valence-corrected chi connectivity index (χ2v) is 6.18. The molecule has 6 heteroatoms. The lowest BCUT2D eigenvalue weighted by Gasteiger charge is -2.14. The first-order chi connectivity index (χ1) is 11.1. The molecule has 2 rings (SSSR count). The topological polar surface area (TPSA) is 73.6 Å².